The number of nitrogens with zero attached hydrogens (tertiary/aromatic N) is 3. The van der Waals surface area contributed by atoms with Crippen LogP contribution in [0.15, 0.2) is 0 Å². The fourth-order valence-electron chi connectivity index (χ4n) is 6.51. The van der Waals surface area contributed by atoms with E-state index in [1.807, 2.05) is 27.7 Å². The molecule has 34 heavy (non-hydrogen) atoms. The van der Waals surface area contributed by atoms with Gasteiger partial charge in [-0.05, 0) is 89.8 Å². The van der Waals surface area contributed by atoms with E-state index < -0.39 is 0 Å². The fraction of sp³-hybridized carbons (Fsp3) is 1.00. The summed E-state index contributed by atoms with van der Waals surface area (Å²) in [5, 5.41) is 0. The summed E-state index contributed by atoms with van der Waals surface area (Å²) in [4.78, 5) is 8.00. The Kier molecular flexibility index (Phi) is 14.8. The zero-order valence-corrected chi connectivity index (χ0v) is 25.9. The molecule has 0 aliphatic carbocycles. The lowest BCUT2D eigenvalue weighted by Gasteiger charge is -2.56. The predicted molar refractivity (Wildman–Crippen MR) is 158 cm³/mol. The van der Waals surface area contributed by atoms with Crippen molar-refractivity contribution in [3.8, 4) is 0 Å². The minimum Gasteiger partial charge on any atom is -0.304 e. The van der Waals surface area contributed by atoms with E-state index in [9.17, 15) is 0 Å². The zero-order chi connectivity index (χ0) is 26.3. The summed E-state index contributed by atoms with van der Waals surface area (Å²) in [5.41, 5.74) is 1.72. The Hall–Kier alpha value is -0.120. The van der Waals surface area contributed by atoms with Crippen LogP contribution in [0.2, 0.25) is 0 Å². The highest BCUT2D eigenvalue weighted by atomic mass is 15.3. The summed E-state index contributed by atoms with van der Waals surface area (Å²) in [5.74, 6) is 0. The second kappa shape index (κ2) is 14.0. The molecule has 208 valence electrons. The van der Waals surface area contributed by atoms with E-state index >= 15 is 0 Å². The van der Waals surface area contributed by atoms with Crippen molar-refractivity contribution in [2.45, 2.75) is 141 Å². The summed E-state index contributed by atoms with van der Waals surface area (Å²) >= 11 is 0. The molecule has 0 amide bonds. The first kappa shape index (κ1) is 36.0. The Morgan fingerprint density at radius 1 is 0.588 bits per heavy atom. The number of piperazine rings is 1. The van der Waals surface area contributed by atoms with Gasteiger partial charge in [-0.1, -0.05) is 76.7 Å². The van der Waals surface area contributed by atoms with Crippen LogP contribution in [0.25, 0.3) is 0 Å². The van der Waals surface area contributed by atoms with E-state index in [4.69, 9.17) is 0 Å². The van der Waals surface area contributed by atoms with Gasteiger partial charge in [0.05, 0.1) is 0 Å². The molecular formula is C31H69N3. The largest absolute Gasteiger partial charge is 0.304 e. The zero-order valence-electron chi connectivity index (χ0n) is 25.9. The number of hydrogen-bond acceptors (Lipinski definition) is 3. The molecule has 0 spiro atoms. The first-order chi connectivity index (χ1) is 15.0. The maximum atomic E-state index is 2.78. The third kappa shape index (κ3) is 10.1. The average molecular weight is 484 g/mol. The molecule has 0 saturated carbocycles. The molecule has 0 unspecified atom stereocenters. The van der Waals surface area contributed by atoms with Crippen molar-refractivity contribution in [1.82, 2.24) is 14.7 Å². The van der Waals surface area contributed by atoms with Crippen molar-refractivity contribution in [2.24, 2.45) is 16.2 Å². The SMILES string of the molecule is C.CC.CC.CN1CCN(C(C)(C)CC(C)(C)C2(C)CCN(C(C)(C)CC(C)(C)C)CC2)CC1. The summed E-state index contributed by atoms with van der Waals surface area (Å²) < 4.78 is 0. The summed E-state index contributed by atoms with van der Waals surface area (Å²) in [7, 11) is 2.25. The smallest absolute Gasteiger partial charge is 0.0159 e. The van der Waals surface area contributed by atoms with Crippen molar-refractivity contribution in [1.29, 1.82) is 0 Å². The lowest BCUT2D eigenvalue weighted by atomic mass is 9.57. The van der Waals surface area contributed by atoms with Crippen molar-refractivity contribution in [2.75, 3.05) is 46.3 Å². The third-order valence-electron chi connectivity index (χ3n) is 8.55. The number of likely N-dealkylation sites (N-methyl/N-ethyl adjacent to an activating group) is 1. The molecule has 2 heterocycles. The van der Waals surface area contributed by atoms with Gasteiger partial charge in [-0.15, -0.1) is 0 Å². The van der Waals surface area contributed by atoms with Crippen molar-refractivity contribution >= 4 is 0 Å². The molecule has 2 aliphatic rings. The topological polar surface area (TPSA) is 9.72 Å². The van der Waals surface area contributed by atoms with Gasteiger partial charge in [0.2, 0.25) is 0 Å². The van der Waals surface area contributed by atoms with Crippen LogP contribution in [-0.2, 0) is 0 Å². The van der Waals surface area contributed by atoms with E-state index in [0.717, 1.165) is 0 Å². The van der Waals surface area contributed by atoms with Crippen molar-refractivity contribution in [3.05, 3.63) is 0 Å². The molecule has 0 N–H and O–H groups in total. The quantitative estimate of drug-likeness (QED) is 0.375. The van der Waals surface area contributed by atoms with Crippen LogP contribution in [0.1, 0.15) is 130 Å². The van der Waals surface area contributed by atoms with Gasteiger partial charge in [-0.2, -0.15) is 0 Å². The highest BCUT2D eigenvalue weighted by Crippen LogP contribution is 2.52. The van der Waals surface area contributed by atoms with Gasteiger partial charge in [-0.3, -0.25) is 9.80 Å². The third-order valence-corrected chi connectivity index (χ3v) is 8.55. The van der Waals surface area contributed by atoms with Gasteiger partial charge in [-0.25, -0.2) is 0 Å². The number of rotatable bonds is 6. The lowest BCUT2D eigenvalue weighted by molar-refractivity contribution is -0.0602. The molecule has 0 bridgehead atoms. The van der Waals surface area contributed by atoms with E-state index in [1.54, 1.807) is 0 Å². The molecule has 0 atom stereocenters. The van der Waals surface area contributed by atoms with Gasteiger partial charge in [0.25, 0.3) is 0 Å². The molecule has 2 aliphatic heterocycles. The molecule has 0 aromatic rings. The molecule has 2 fully saturated rings. The van der Waals surface area contributed by atoms with Crippen LogP contribution < -0.4 is 0 Å². The molecule has 2 rings (SSSR count). The predicted octanol–water partition coefficient (Wildman–Crippen LogP) is 8.43. The van der Waals surface area contributed by atoms with Crippen molar-refractivity contribution < 1.29 is 0 Å². The maximum absolute atomic E-state index is 2.78. The summed E-state index contributed by atoms with van der Waals surface area (Å²) in [6.07, 6.45) is 5.20. The first-order valence-corrected chi connectivity index (χ1v) is 14.2. The Balaban J connectivity index is 0. The van der Waals surface area contributed by atoms with Gasteiger partial charge in [0.15, 0.2) is 0 Å². The minimum atomic E-state index is 0. The van der Waals surface area contributed by atoms with Gasteiger partial charge in [0, 0.05) is 37.3 Å². The number of likely N-dealkylation sites (tertiary alicyclic amines) is 1. The standard InChI is InChI=1S/C26H53N3.2C2H6.CH4/c1-22(2,3)20-24(6,7)28-14-12-26(10,13-15-28)23(4,5)21-25(8,9)29-18-16-27(11)17-19-29;2*1-2;/h12-21H2,1-11H3;2*1-2H3;1H4. The first-order valence-electron chi connectivity index (χ1n) is 14.2. The number of piperidine rings is 1. The van der Waals surface area contributed by atoms with Crippen LogP contribution in [0.4, 0.5) is 0 Å². The summed E-state index contributed by atoms with van der Waals surface area (Å²) in [6, 6.07) is 0. The van der Waals surface area contributed by atoms with Crippen LogP contribution >= 0.6 is 0 Å². The molecule has 3 heteroatoms. The van der Waals surface area contributed by atoms with Gasteiger partial charge in [0.1, 0.15) is 0 Å². The van der Waals surface area contributed by atoms with E-state index in [0.29, 0.717) is 21.8 Å². The van der Waals surface area contributed by atoms with Crippen molar-refractivity contribution in [3.63, 3.8) is 0 Å². The normalized spacial score (nSPS) is 20.9. The average Bonchev–Trinajstić information content (AvgIpc) is 2.69. The molecule has 0 aromatic heterocycles. The molecule has 0 radical (unpaired) electrons. The molecular weight excluding hydrogens is 414 g/mol. The van der Waals surface area contributed by atoms with Crippen LogP contribution in [0.3, 0.4) is 0 Å². The van der Waals surface area contributed by atoms with E-state index in [-0.39, 0.29) is 13.0 Å². The lowest BCUT2D eigenvalue weighted by Crippen LogP contribution is -2.58. The van der Waals surface area contributed by atoms with Gasteiger partial charge < -0.3 is 4.90 Å². The highest BCUT2D eigenvalue weighted by molar-refractivity contribution is 5.01. The van der Waals surface area contributed by atoms with E-state index in [2.05, 4.69) is 91.0 Å². The monoisotopic (exact) mass is 484 g/mol. The van der Waals surface area contributed by atoms with Crippen LogP contribution in [0.5, 0.6) is 0 Å². The highest BCUT2D eigenvalue weighted by Gasteiger charge is 2.48. The molecule has 0 aromatic carbocycles. The molecule has 2 saturated heterocycles. The van der Waals surface area contributed by atoms with E-state index in [1.165, 1.54) is 65.0 Å². The maximum Gasteiger partial charge on any atom is 0.0159 e. The van der Waals surface area contributed by atoms with Gasteiger partial charge >= 0.3 is 0 Å². The Morgan fingerprint density at radius 3 is 1.32 bits per heavy atom. The second-order valence-corrected chi connectivity index (χ2v) is 13.8. The molecule has 3 nitrogen and oxygen atoms in total. The summed E-state index contributed by atoms with van der Waals surface area (Å²) in [6.45, 7) is 40.1. The van der Waals surface area contributed by atoms with Crippen LogP contribution in [-0.4, -0.2) is 72.1 Å². The van der Waals surface area contributed by atoms with Crippen LogP contribution in [0, 0.1) is 16.2 Å². The Morgan fingerprint density at radius 2 is 0.941 bits per heavy atom. The number of hydrogen-bond donors (Lipinski definition) is 0. The fourth-order valence-corrected chi connectivity index (χ4v) is 6.51. The Labute approximate surface area is 218 Å². The Bertz CT molecular complexity index is 525. The second-order valence-electron chi connectivity index (χ2n) is 13.8. The minimum absolute atomic E-state index is 0.